The molecule has 0 saturated carbocycles. The fourth-order valence-corrected chi connectivity index (χ4v) is 2.06. The maximum atomic E-state index is 12.0. The van der Waals surface area contributed by atoms with Gasteiger partial charge in [-0.2, -0.15) is 0 Å². The van der Waals surface area contributed by atoms with Crippen LogP contribution in [0.25, 0.3) is 0 Å². The van der Waals surface area contributed by atoms with Gasteiger partial charge >= 0.3 is 6.03 Å². The molecule has 2 aromatic rings. The summed E-state index contributed by atoms with van der Waals surface area (Å²) in [7, 11) is 1.63. The number of hydrogen-bond acceptors (Lipinski definition) is 2. The van der Waals surface area contributed by atoms with Crippen LogP contribution >= 0.6 is 0 Å². The van der Waals surface area contributed by atoms with E-state index in [1.165, 1.54) is 0 Å². The van der Waals surface area contributed by atoms with Crippen molar-refractivity contribution >= 4 is 11.7 Å². The van der Waals surface area contributed by atoms with Gasteiger partial charge in [-0.15, -0.1) is 0 Å². The van der Waals surface area contributed by atoms with Crippen molar-refractivity contribution in [1.29, 1.82) is 0 Å². The quantitative estimate of drug-likeness (QED) is 0.895. The highest BCUT2D eigenvalue weighted by atomic mass is 16.5. The minimum Gasteiger partial charge on any atom is -0.497 e. The molecule has 4 heteroatoms. The molecule has 0 spiro atoms. The maximum Gasteiger partial charge on any atom is 0.319 e. The maximum absolute atomic E-state index is 12.0. The molecule has 2 N–H and O–H groups in total. The summed E-state index contributed by atoms with van der Waals surface area (Å²) in [5, 5.41) is 5.78. The van der Waals surface area contributed by atoms with Crippen molar-refractivity contribution in [2.75, 3.05) is 12.4 Å². The number of carbonyl (C=O) groups is 1. The SMILES string of the molecule is COc1cccc([C@@H](C)NC(=O)Nc2ccccc2C)c1. The highest BCUT2D eigenvalue weighted by Crippen LogP contribution is 2.19. The minimum atomic E-state index is -0.223. The van der Waals surface area contributed by atoms with Gasteiger partial charge < -0.3 is 15.4 Å². The normalized spacial score (nSPS) is 11.6. The van der Waals surface area contributed by atoms with E-state index in [0.717, 1.165) is 22.6 Å². The van der Waals surface area contributed by atoms with Crippen molar-refractivity contribution in [1.82, 2.24) is 5.32 Å². The van der Waals surface area contributed by atoms with E-state index in [1.54, 1.807) is 7.11 Å². The summed E-state index contributed by atoms with van der Waals surface area (Å²) in [6.07, 6.45) is 0. The van der Waals surface area contributed by atoms with Crippen molar-refractivity contribution in [2.24, 2.45) is 0 Å². The second-order valence-electron chi connectivity index (χ2n) is 4.91. The van der Waals surface area contributed by atoms with Crippen LogP contribution in [0.5, 0.6) is 5.75 Å². The third kappa shape index (κ3) is 3.99. The fraction of sp³-hybridized carbons (Fsp3) is 0.235. The molecule has 0 heterocycles. The second kappa shape index (κ2) is 6.79. The molecule has 0 radical (unpaired) electrons. The first-order valence-electron chi connectivity index (χ1n) is 6.87. The third-order valence-electron chi connectivity index (χ3n) is 3.33. The molecule has 2 rings (SSSR count). The Hall–Kier alpha value is -2.49. The summed E-state index contributed by atoms with van der Waals surface area (Å²) in [5.41, 5.74) is 2.84. The van der Waals surface area contributed by atoms with Gasteiger partial charge in [-0.25, -0.2) is 4.79 Å². The Morgan fingerprint density at radius 1 is 1.14 bits per heavy atom. The van der Waals surface area contributed by atoms with E-state index in [2.05, 4.69) is 10.6 Å². The molecule has 2 aromatic carbocycles. The molecule has 21 heavy (non-hydrogen) atoms. The monoisotopic (exact) mass is 284 g/mol. The van der Waals surface area contributed by atoms with E-state index in [-0.39, 0.29) is 12.1 Å². The van der Waals surface area contributed by atoms with Crippen LogP contribution in [0.1, 0.15) is 24.1 Å². The van der Waals surface area contributed by atoms with E-state index in [9.17, 15) is 4.79 Å². The first-order chi connectivity index (χ1) is 10.1. The zero-order chi connectivity index (χ0) is 15.2. The number of anilines is 1. The largest absolute Gasteiger partial charge is 0.497 e. The number of amides is 2. The van der Waals surface area contributed by atoms with Crippen molar-refractivity contribution < 1.29 is 9.53 Å². The molecular formula is C17H20N2O2. The van der Waals surface area contributed by atoms with Gasteiger partial charge in [0.25, 0.3) is 0 Å². The molecule has 1 atom stereocenters. The number of aryl methyl sites for hydroxylation is 1. The van der Waals surface area contributed by atoms with Gasteiger partial charge in [0.1, 0.15) is 5.75 Å². The first kappa shape index (κ1) is 14.9. The van der Waals surface area contributed by atoms with E-state index in [0.29, 0.717) is 0 Å². The van der Waals surface area contributed by atoms with Crippen molar-refractivity contribution in [3.8, 4) is 5.75 Å². The summed E-state index contributed by atoms with van der Waals surface area (Å²) in [4.78, 5) is 12.0. The molecule has 0 aliphatic rings. The molecule has 4 nitrogen and oxygen atoms in total. The van der Waals surface area contributed by atoms with Gasteiger partial charge in [-0.3, -0.25) is 0 Å². The number of urea groups is 1. The Morgan fingerprint density at radius 2 is 1.90 bits per heavy atom. The number of benzene rings is 2. The van der Waals surface area contributed by atoms with Crippen LogP contribution in [0, 0.1) is 6.92 Å². The highest BCUT2D eigenvalue weighted by molar-refractivity contribution is 5.90. The van der Waals surface area contributed by atoms with Crippen molar-refractivity contribution in [2.45, 2.75) is 19.9 Å². The lowest BCUT2D eigenvalue weighted by Gasteiger charge is -2.16. The van der Waals surface area contributed by atoms with Crippen LogP contribution < -0.4 is 15.4 Å². The minimum absolute atomic E-state index is 0.107. The fourth-order valence-electron chi connectivity index (χ4n) is 2.06. The number of rotatable bonds is 4. The van der Waals surface area contributed by atoms with E-state index in [4.69, 9.17) is 4.74 Å². The van der Waals surface area contributed by atoms with E-state index < -0.39 is 0 Å². The lowest BCUT2D eigenvalue weighted by atomic mass is 10.1. The van der Waals surface area contributed by atoms with Crippen LogP contribution in [-0.2, 0) is 0 Å². The smallest absolute Gasteiger partial charge is 0.319 e. The predicted octanol–water partition coefficient (Wildman–Crippen LogP) is 3.89. The van der Waals surface area contributed by atoms with Crippen LogP contribution in [0.15, 0.2) is 48.5 Å². The standard InChI is InChI=1S/C17H20N2O2/c1-12-7-4-5-10-16(12)19-17(20)18-13(2)14-8-6-9-15(11-14)21-3/h4-11,13H,1-3H3,(H2,18,19,20)/t13-/m1/s1. The highest BCUT2D eigenvalue weighted by Gasteiger charge is 2.10. The van der Waals surface area contributed by atoms with Gasteiger partial charge in [-0.1, -0.05) is 30.3 Å². The molecule has 0 aromatic heterocycles. The summed E-state index contributed by atoms with van der Waals surface area (Å²) in [6, 6.07) is 15.0. The zero-order valence-corrected chi connectivity index (χ0v) is 12.5. The molecule has 0 unspecified atom stereocenters. The van der Waals surface area contributed by atoms with Gasteiger partial charge in [0, 0.05) is 5.69 Å². The molecular weight excluding hydrogens is 264 g/mol. The molecule has 2 amide bonds. The van der Waals surface area contributed by atoms with Gasteiger partial charge in [0.15, 0.2) is 0 Å². The van der Waals surface area contributed by atoms with E-state index >= 15 is 0 Å². The lowest BCUT2D eigenvalue weighted by Crippen LogP contribution is -2.31. The summed E-state index contributed by atoms with van der Waals surface area (Å²) in [5.74, 6) is 0.778. The Kier molecular flexibility index (Phi) is 4.82. The van der Waals surface area contributed by atoms with Crippen LogP contribution in [0.4, 0.5) is 10.5 Å². The van der Waals surface area contributed by atoms with Crippen molar-refractivity contribution in [3.63, 3.8) is 0 Å². The number of hydrogen-bond donors (Lipinski definition) is 2. The van der Waals surface area contributed by atoms with Crippen LogP contribution in [0.3, 0.4) is 0 Å². The molecule has 0 saturated heterocycles. The summed E-state index contributed by atoms with van der Waals surface area (Å²) < 4.78 is 5.19. The number of nitrogens with one attached hydrogen (secondary N) is 2. The zero-order valence-electron chi connectivity index (χ0n) is 12.5. The molecule has 0 aliphatic carbocycles. The molecule has 0 bridgehead atoms. The van der Waals surface area contributed by atoms with Gasteiger partial charge in [0.05, 0.1) is 13.2 Å². The van der Waals surface area contributed by atoms with Crippen LogP contribution in [-0.4, -0.2) is 13.1 Å². The number of para-hydroxylation sites is 1. The molecule has 110 valence electrons. The molecule has 0 fully saturated rings. The Morgan fingerprint density at radius 3 is 2.62 bits per heavy atom. The Balaban J connectivity index is 2.00. The average molecular weight is 284 g/mol. The number of ether oxygens (including phenoxy) is 1. The van der Waals surface area contributed by atoms with Gasteiger partial charge in [-0.05, 0) is 43.2 Å². The number of carbonyl (C=O) groups excluding carboxylic acids is 1. The summed E-state index contributed by atoms with van der Waals surface area (Å²) >= 11 is 0. The Bertz CT molecular complexity index is 626. The van der Waals surface area contributed by atoms with E-state index in [1.807, 2.05) is 62.4 Å². The molecule has 0 aliphatic heterocycles. The average Bonchev–Trinajstić information content (AvgIpc) is 2.49. The number of methoxy groups -OCH3 is 1. The van der Waals surface area contributed by atoms with Crippen molar-refractivity contribution in [3.05, 3.63) is 59.7 Å². The lowest BCUT2D eigenvalue weighted by molar-refractivity contribution is 0.249. The summed E-state index contributed by atoms with van der Waals surface area (Å²) in [6.45, 7) is 3.90. The topological polar surface area (TPSA) is 50.4 Å². The van der Waals surface area contributed by atoms with Gasteiger partial charge in [0.2, 0.25) is 0 Å². The first-order valence-corrected chi connectivity index (χ1v) is 6.87. The van der Waals surface area contributed by atoms with Crippen LogP contribution in [0.2, 0.25) is 0 Å². The third-order valence-corrected chi connectivity index (χ3v) is 3.33. The predicted molar refractivity (Wildman–Crippen MR) is 84.7 cm³/mol. The Labute approximate surface area is 125 Å². The second-order valence-corrected chi connectivity index (χ2v) is 4.91.